The van der Waals surface area contributed by atoms with E-state index in [4.69, 9.17) is 0 Å². The van der Waals surface area contributed by atoms with Gasteiger partial charge in [-0.2, -0.15) is 13.2 Å². The molecule has 1 aromatic carbocycles. The van der Waals surface area contributed by atoms with Gasteiger partial charge in [-0.05, 0) is 31.0 Å². The van der Waals surface area contributed by atoms with Crippen molar-refractivity contribution in [2.24, 2.45) is 0 Å². The zero-order valence-electron chi connectivity index (χ0n) is 13.0. The number of rotatable bonds is 4. The van der Waals surface area contributed by atoms with E-state index in [9.17, 15) is 34.4 Å². The van der Waals surface area contributed by atoms with Crippen molar-refractivity contribution in [3.05, 3.63) is 24.0 Å². The van der Waals surface area contributed by atoms with Crippen LogP contribution in [0.1, 0.15) is 12.8 Å². The Morgan fingerprint density at radius 1 is 1.20 bits per heavy atom. The number of sulfone groups is 1. The summed E-state index contributed by atoms with van der Waals surface area (Å²) in [6.07, 6.45) is 1.88. The SMILES string of the molecule is CS(=O)(=O)N1CCCC(Nc2ccc(F)cc2S(=O)(=O)C(F)(F)F)C1. The molecule has 1 aliphatic heterocycles. The molecule has 1 aliphatic rings. The number of alkyl halides is 3. The highest BCUT2D eigenvalue weighted by atomic mass is 32.2. The molecular formula is C13H16F4N2O4S2. The fourth-order valence-corrected chi connectivity index (χ4v) is 4.39. The Morgan fingerprint density at radius 3 is 2.40 bits per heavy atom. The van der Waals surface area contributed by atoms with E-state index in [1.54, 1.807) is 0 Å². The first kappa shape index (κ1) is 19.9. The number of nitrogens with one attached hydrogen (secondary N) is 1. The number of halogens is 4. The molecule has 2 rings (SSSR count). The topological polar surface area (TPSA) is 83.6 Å². The lowest BCUT2D eigenvalue weighted by Crippen LogP contribution is -2.44. The number of benzene rings is 1. The van der Waals surface area contributed by atoms with Gasteiger partial charge in [0.1, 0.15) is 10.7 Å². The lowest BCUT2D eigenvalue weighted by Gasteiger charge is -2.32. The normalized spacial score (nSPS) is 20.4. The predicted octanol–water partition coefficient (Wildman–Crippen LogP) is 1.96. The maximum absolute atomic E-state index is 13.3. The van der Waals surface area contributed by atoms with Crippen molar-refractivity contribution in [1.82, 2.24) is 4.31 Å². The van der Waals surface area contributed by atoms with Crippen LogP contribution in [-0.2, 0) is 19.9 Å². The maximum atomic E-state index is 13.3. The molecule has 0 aliphatic carbocycles. The minimum atomic E-state index is -5.76. The number of sulfonamides is 1. The molecule has 142 valence electrons. The summed E-state index contributed by atoms with van der Waals surface area (Å²) >= 11 is 0. The first-order chi connectivity index (χ1) is 11.3. The lowest BCUT2D eigenvalue weighted by molar-refractivity contribution is -0.0435. The van der Waals surface area contributed by atoms with Gasteiger partial charge in [0.2, 0.25) is 10.0 Å². The average molecular weight is 404 g/mol. The van der Waals surface area contributed by atoms with Crippen molar-refractivity contribution < 1.29 is 34.4 Å². The first-order valence-electron chi connectivity index (χ1n) is 7.15. The van der Waals surface area contributed by atoms with Crippen LogP contribution >= 0.6 is 0 Å². The van der Waals surface area contributed by atoms with Gasteiger partial charge in [0.15, 0.2) is 0 Å². The largest absolute Gasteiger partial charge is 0.501 e. The third-order valence-corrected chi connectivity index (χ3v) is 6.55. The molecule has 1 aromatic rings. The van der Waals surface area contributed by atoms with Gasteiger partial charge >= 0.3 is 5.51 Å². The number of anilines is 1. The van der Waals surface area contributed by atoms with Gasteiger partial charge in [-0.15, -0.1) is 0 Å². The van der Waals surface area contributed by atoms with Gasteiger partial charge in [-0.25, -0.2) is 25.5 Å². The molecule has 1 fully saturated rings. The highest BCUT2D eigenvalue weighted by molar-refractivity contribution is 7.92. The van der Waals surface area contributed by atoms with Crippen LogP contribution in [0, 0.1) is 5.82 Å². The molecule has 1 unspecified atom stereocenters. The van der Waals surface area contributed by atoms with Crippen LogP contribution in [0.5, 0.6) is 0 Å². The highest BCUT2D eigenvalue weighted by Crippen LogP contribution is 2.35. The monoisotopic (exact) mass is 404 g/mol. The zero-order valence-corrected chi connectivity index (χ0v) is 14.7. The smallest absolute Gasteiger partial charge is 0.380 e. The van der Waals surface area contributed by atoms with Crippen molar-refractivity contribution in [2.75, 3.05) is 24.7 Å². The molecule has 1 saturated heterocycles. The molecule has 0 saturated carbocycles. The Bertz CT molecular complexity index is 853. The molecule has 6 nitrogen and oxygen atoms in total. The van der Waals surface area contributed by atoms with Crippen molar-refractivity contribution in [3.63, 3.8) is 0 Å². The van der Waals surface area contributed by atoms with Crippen LogP contribution in [0.2, 0.25) is 0 Å². The fourth-order valence-electron chi connectivity index (χ4n) is 2.54. The molecule has 1 N–H and O–H groups in total. The Balaban J connectivity index is 2.35. The second-order valence-electron chi connectivity index (χ2n) is 5.69. The van der Waals surface area contributed by atoms with E-state index >= 15 is 0 Å². The molecular weight excluding hydrogens is 388 g/mol. The standard InChI is InChI=1S/C13H16F4N2O4S2/c1-24(20,21)19-6-2-3-10(8-19)18-11-5-4-9(14)7-12(11)25(22,23)13(15,16)17/h4-5,7,10,18H,2-3,6,8H2,1H3. The lowest BCUT2D eigenvalue weighted by atomic mass is 10.1. The molecule has 0 spiro atoms. The maximum Gasteiger partial charge on any atom is 0.501 e. The third-order valence-electron chi connectivity index (χ3n) is 3.75. The Hall–Kier alpha value is -1.40. The van der Waals surface area contributed by atoms with Gasteiger partial charge in [-0.1, -0.05) is 0 Å². The summed E-state index contributed by atoms with van der Waals surface area (Å²) in [7, 11) is -9.24. The molecule has 0 amide bonds. The van der Waals surface area contributed by atoms with Gasteiger partial charge in [-0.3, -0.25) is 0 Å². The van der Waals surface area contributed by atoms with Gasteiger partial charge in [0.05, 0.1) is 11.9 Å². The number of hydrogen-bond donors (Lipinski definition) is 1. The number of piperidine rings is 1. The second-order valence-corrected chi connectivity index (χ2v) is 9.59. The summed E-state index contributed by atoms with van der Waals surface area (Å²) < 4.78 is 99.4. The first-order valence-corrected chi connectivity index (χ1v) is 10.5. The molecule has 1 heterocycles. The van der Waals surface area contributed by atoms with Crippen LogP contribution in [0.3, 0.4) is 0 Å². The van der Waals surface area contributed by atoms with E-state index in [1.165, 1.54) is 0 Å². The van der Waals surface area contributed by atoms with E-state index in [0.717, 1.165) is 22.7 Å². The van der Waals surface area contributed by atoms with Crippen molar-refractivity contribution in [2.45, 2.75) is 29.3 Å². The summed E-state index contributed by atoms with van der Waals surface area (Å²) in [5.74, 6) is -1.13. The molecule has 1 atom stereocenters. The second kappa shape index (κ2) is 6.72. The molecule has 12 heteroatoms. The van der Waals surface area contributed by atoms with Gasteiger partial charge in [0.25, 0.3) is 9.84 Å². The average Bonchev–Trinajstić information content (AvgIpc) is 2.47. The molecule has 25 heavy (non-hydrogen) atoms. The van der Waals surface area contributed by atoms with Crippen molar-refractivity contribution in [1.29, 1.82) is 0 Å². The van der Waals surface area contributed by atoms with E-state index in [-0.39, 0.29) is 13.1 Å². The predicted molar refractivity (Wildman–Crippen MR) is 82.7 cm³/mol. The summed E-state index contributed by atoms with van der Waals surface area (Å²) in [6, 6.07) is 1.42. The van der Waals surface area contributed by atoms with E-state index in [1.807, 2.05) is 0 Å². The summed E-state index contributed by atoms with van der Waals surface area (Å²) in [4.78, 5) is -1.23. The minimum Gasteiger partial charge on any atom is -0.380 e. The fraction of sp³-hybridized carbons (Fsp3) is 0.538. The summed E-state index contributed by atoms with van der Waals surface area (Å²) in [6.45, 7) is 0.246. The van der Waals surface area contributed by atoms with Crippen LogP contribution in [-0.4, -0.2) is 52.0 Å². The summed E-state index contributed by atoms with van der Waals surface area (Å²) in [5, 5.41) is 2.61. The van der Waals surface area contributed by atoms with Crippen LogP contribution < -0.4 is 5.32 Å². The molecule has 0 radical (unpaired) electrons. The Morgan fingerprint density at radius 2 is 1.84 bits per heavy atom. The van der Waals surface area contributed by atoms with Crippen LogP contribution in [0.25, 0.3) is 0 Å². The summed E-state index contributed by atoms with van der Waals surface area (Å²) in [5.41, 5.74) is -6.00. The molecule has 0 aromatic heterocycles. The third kappa shape index (κ3) is 4.42. The van der Waals surface area contributed by atoms with E-state index in [2.05, 4.69) is 5.32 Å². The van der Waals surface area contributed by atoms with E-state index in [0.29, 0.717) is 18.9 Å². The van der Waals surface area contributed by atoms with Gasteiger partial charge in [0, 0.05) is 19.1 Å². The zero-order chi connectivity index (χ0) is 19.0. The van der Waals surface area contributed by atoms with Crippen molar-refractivity contribution in [3.8, 4) is 0 Å². The molecule has 0 bridgehead atoms. The van der Waals surface area contributed by atoms with Crippen LogP contribution in [0.4, 0.5) is 23.2 Å². The van der Waals surface area contributed by atoms with E-state index < -0.39 is 47.8 Å². The number of nitrogens with zero attached hydrogens (tertiary/aromatic N) is 1. The van der Waals surface area contributed by atoms with Crippen molar-refractivity contribution >= 4 is 25.5 Å². The minimum absolute atomic E-state index is 0.0261. The quantitative estimate of drug-likeness (QED) is 0.776. The Labute approximate surface area is 142 Å². The number of hydrogen-bond acceptors (Lipinski definition) is 5. The Kier molecular flexibility index (Phi) is 5.36. The van der Waals surface area contributed by atoms with Crippen LogP contribution in [0.15, 0.2) is 23.1 Å². The highest BCUT2D eigenvalue weighted by Gasteiger charge is 2.48. The van der Waals surface area contributed by atoms with Gasteiger partial charge < -0.3 is 5.32 Å².